The number of rotatable bonds is 4. The Morgan fingerprint density at radius 2 is 1.71 bits per heavy atom. The second kappa shape index (κ2) is 5.92. The molecule has 0 aliphatic carbocycles. The van der Waals surface area contributed by atoms with Crippen LogP contribution >= 0.6 is 0 Å². The Bertz CT molecular complexity index is 757. The topological polar surface area (TPSA) is 72.5 Å². The molecule has 21 heavy (non-hydrogen) atoms. The van der Waals surface area contributed by atoms with Crippen molar-refractivity contribution in [2.75, 3.05) is 12.4 Å². The van der Waals surface area contributed by atoms with E-state index < -0.39 is 21.0 Å². The van der Waals surface area contributed by atoms with Crippen molar-refractivity contribution in [2.45, 2.75) is 4.90 Å². The van der Waals surface area contributed by atoms with E-state index in [2.05, 4.69) is 5.32 Å². The molecule has 0 aliphatic heterocycles. The zero-order valence-corrected chi connectivity index (χ0v) is 11.9. The molecule has 1 amide bonds. The molecule has 1 N–H and O–H groups in total. The molecule has 0 fully saturated rings. The van der Waals surface area contributed by atoms with E-state index in [1.54, 1.807) is 12.1 Å². The van der Waals surface area contributed by atoms with Crippen LogP contribution in [-0.4, -0.2) is 21.4 Å². The molecule has 0 heterocycles. The van der Waals surface area contributed by atoms with Gasteiger partial charge in [-0.2, -0.15) is 8.42 Å². The lowest BCUT2D eigenvalue weighted by atomic mass is 10.2. The van der Waals surface area contributed by atoms with E-state index >= 15 is 0 Å². The smallest absolute Gasteiger partial charge is 0.334 e. The van der Waals surface area contributed by atoms with Crippen LogP contribution in [0.2, 0.25) is 0 Å². The Morgan fingerprint density at radius 3 is 2.29 bits per heavy atom. The Hall–Kier alpha value is -2.41. The van der Waals surface area contributed by atoms with Gasteiger partial charge in [0.1, 0.15) is 10.6 Å². The molecule has 0 aromatic heterocycles. The minimum Gasteiger partial charge on any atom is -0.497 e. The Labute approximate surface area is 121 Å². The summed E-state index contributed by atoms with van der Waals surface area (Å²) in [5.74, 6) is 0.0343. The van der Waals surface area contributed by atoms with Crippen molar-refractivity contribution in [3.05, 3.63) is 54.1 Å². The number of para-hydroxylation sites is 1. The average Bonchev–Trinajstić information content (AvgIpc) is 2.47. The number of anilines is 1. The van der Waals surface area contributed by atoms with Crippen LogP contribution in [0.5, 0.6) is 5.75 Å². The molecular weight excluding hydrogens is 297 g/mol. The fourth-order valence-electron chi connectivity index (χ4n) is 1.72. The monoisotopic (exact) mass is 309 g/mol. The SMILES string of the molecule is COc1ccc(C(=O)Nc2ccccc2S(=O)(=O)F)cc1. The Morgan fingerprint density at radius 1 is 1.10 bits per heavy atom. The van der Waals surface area contributed by atoms with Gasteiger partial charge in [-0.25, -0.2) is 0 Å². The first-order valence-electron chi connectivity index (χ1n) is 5.91. The molecule has 2 rings (SSSR count). The van der Waals surface area contributed by atoms with Gasteiger partial charge in [0.2, 0.25) is 0 Å². The molecule has 0 spiro atoms. The summed E-state index contributed by atoms with van der Waals surface area (Å²) in [6.07, 6.45) is 0. The van der Waals surface area contributed by atoms with Crippen molar-refractivity contribution in [1.82, 2.24) is 0 Å². The number of amides is 1. The second-order valence-corrected chi connectivity index (χ2v) is 5.43. The number of carbonyl (C=O) groups is 1. The molecule has 5 nitrogen and oxygen atoms in total. The molecule has 0 saturated heterocycles. The van der Waals surface area contributed by atoms with Crippen molar-refractivity contribution in [2.24, 2.45) is 0 Å². The van der Waals surface area contributed by atoms with Crippen molar-refractivity contribution in [3.8, 4) is 5.75 Å². The van der Waals surface area contributed by atoms with Crippen LogP contribution in [0.15, 0.2) is 53.4 Å². The van der Waals surface area contributed by atoms with Crippen LogP contribution in [-0.2, 0) is 10.2 Å². The fourth-order valence-corrected chi connectivity index (χ4v) is 2.34. The number of hydrogen-bond acceptors (Lipinski definition) is 4. The summed E-state index contributed by atoms with van der Waals surface area (Å²) in [7, 11) is -3.41. The van der Waals surface area contributed by atoms with Gasteiger partial charge in [-0.1, -0.05) is 12.1 Å². The lowest BCUT2D eigenvalue weighted by Gasteiger charge is -2.08. The number of ether oxygens (including phenoxy) is 1. The molecule has 2 aromatic carbocycles. The minimum atomic E-state index is -4.91. The van der Waals surface area contributed by atoms with Crippen molar-refractivity contribution in [1.29, 1.82) is 0 Å². The average molecular weight is 309 g/mol. The van der Waals surface area contributed by atoms with Gasteiger partial charge in [0.15, 0.2) is 0 Å². The van der Waals surface area contributed by atoms with Gasteiger partial charge in [-0.05, 0) is 36.4 Å². The third-order valence-electron chi connectivity index (χ3n) is 2.75. The standard InChI is InChI=1S/C14H12FNO4S/c1-20-11-8-6-10(7-9-11)14(17)16-12-4-2-3-5-13(12)21(15,18)19/h2-9H,1H3,(H,16,17). The largest absolute Gasteiger partial charge is 0.497 e. The summed E-state index contributed by atoms with van der Waals surface area (Å²) < 4.78 is 40.1. The molecule has 0 radical (unpaired) electrons. The van der Waals surface area contributed by atoms with E-state index in [-0.39, 0.29) is 5.69 Å². The summed E-state index contributed by atoms with van der Waals surface area (Å²) in [6, 6.07) is 11.5. The summed E-state index contributed by atoms with van der Waals surface area (Å²) in [5.41, 5.74) is 0.183. The zero-order valence-electron chi connectivity index (χ0n) is 11.0. The third kappa shape index (κ3) is 3.57. The number of halogens is 1. The third-order valence-corrected chi connectivity index (χ3v) is 3.63. The predicted molar refractivity (Wildman–Crippen MR) is 75.7 cm³/mol. The molecule has 0 unspecified atom stereocenters. The molecule has 0 aliphatic rings. The first-order valence-corrected chi connectivity index (χ1v) is 7.29. The summed E-state index contributed by atoms with van der Waals surface area (Å²) >= 11 is 0. The maximum Gasteiger partial charge on any atom is 0.334 e. The molecule has 7 heteroatoms. The number of methoxy groups -OCH3 is 1. The number of nitrogens with one attached hydrogen (secondary N) is 1. The summed E-state index contributed by atoms with van der Waals surface area (Å²) in [4.78, 5) is 11.4. The Kier molecular flexibility index (Phi) is 4.23. The fraction of sp³-hybridized carbons (Fsp3) is 0.0714. The minimum absolute atomic E-state index is 0.110. The van der Waals surface area contributed by atoms with E-state index in [1.165, 1.54) is 37.4 Å². The van der Waals surface area contributed by atoms with Crippen molar-refractivity contribution < 1.29 is 21.8 Å². The molecule has 110 valence electrons. The van der Waals surface area contributed by atoms with Crippen LogP contribution < -0.4 is 10.1 Å². The molecule has 0 saturated carbocycles. The van der Waals surface area contributed by atoms with Gasteiger partial charge in [-0.3, -0.25) is 4.79 Å². The van der Waals surface area contributed by atoms with Crippen LogP contribution in [0.4, 0.5) is 9.57 Å². The number of benzene rings is 2. The van der Waals surface area contributed by atoms with E-state index in [4.69, 9.17) is 4.74 Å². The lowest BCUT2D eigenvalue weighted by Crippen LogP contribution is -2.13. The normalized spacial score (nSPS) is 11.0. The maximum absolute atomic E-state index is 13.1. The van der Waals surface area contributed by atoms with Crippen LogP contribution in [0, 0.1) is 0 Å². The van der Waals surface area contributed by atoms with Gasteiger partial charge >= 0.3 is 10.2 Å². The molecule has 0 atom stereocenters. The van der Waals surface area contributed by atoms with E-state index in [0.717, 1.165) is 6.07 Å². The van der Waals surface area contributed by atoms with Gasteiger partial charge < -0.3 is 10.1 Å². The van der Waals surface area contributed by atoms with Crippen molar-refractivity contribution in [3.63, 3.8) is 0 Å². The summed E-state index contributed by atoms with van der Waals surface area (Å²) in [5, 5.41) is 2.37. The van der Waals surface area contributed by atoms with Crippen LogP contribution in [0.25, 0.3) is 0 Å². The second-order valence-electron chi connectivity index (χ2n) is 4.12. The van der Waals surface area contributed by atoms with E-state index in [1.807, 2.05) is 0 Å². The zero-order chi connectivity index (χ0) is 15.5. The van der Waals surface area contributed by atoms with Crippen molar-refractivity contribution >= 4 is 21.8 Å². The van der Waals surface area contributed by atoms with E-state index in [9.17, 15) is 17.1 Å². The molecular formula is C14H12FNO4S. The number of carbonyl (C=O) groups excluding carboxylic acids is 1. The van der Waals surface area contributed by atoms with Crippen LogP contribution in [0.3, 0.4) is 0 Å². The highest BCUT2D eigenvalue weighted by atomic mass is 32.3. The highest BCUT2D eigenvalue weighted by Gasteiger charge is 2.18. The maximum atomic E-state index is 13.1. The van der Waals surface area contributed by atoms with Gasteiger partial charge in [0.05, 0.1) is 12.8 Å². The number of hydrogen-bond donors (Lipinski definition) is 1. The van der Waals surface area contributed by atoms with Crippen LogP contribution in [0.1, 0.15) is 10.4 Å². The lowest BCUT2D eigenvalue weighted by molar-refractivity contribution is 0.102. The molecule has 0 bridgehead atoms. The Balaban J connectivity index is 2.27. The quantitative estimate of drug-likeness (QED) is 0.881. The highest BCUT2D eigenvalue weighted by molar-refractivity contribution is 7.86. The summed E-state index contributed by atoms with van der Waals surface area (Å²) in [6.45, 7) is 0. The van der Waals surface area contributed by atoms with E-state index in [0.29, 0.717) is 11.3 Å². The predicted octanol–water partition coefficient (Wildman–Crippen LogP) is 2.61. The first kappa shape index (κ1) is 15.0. The highest BCUT2D eigenvalue weighted by Crippen LogP contribution is 2.23. The van der Waals surface area contributed by atoms with Gasteiger partial charge in [-0.15, -0.1) is 3.89 Å². The molecule has 2 aromatic rings. The van der Waals surface area contributed by atoms with Gasteiger partial charge in [0.25, 0.3) is 5.91 Å². The first-order chi connectivity index (χ1) is 9.91. The van der Waals surface area contributed by atoms with Gasteiger partial charge in [0, 0.05) is 5.56 Å².